The standard InChI is InChI=1S/C18H20N4O5/c23-15(13-2-1-7-26-13)20-6-5-18(10-20)11-21-14(9-27-18)19-22(8-12-3-4-12)17(25)16(21)24/h1-2,7,12H,3-6,8-11H2. The number of hydrogen-bond acceptors (Lipinski definition) is 6. The van der Waals surface area contributed by atoms with Crippen molar-refractivity contribution in [1.82, 2.24) is 19.2 Å². The van der Waals surface area contributed by atoms with E-state index in [1.807, 2.05) is 0 Å². The van der Waals surface area contributed by atoms with Gasteiger partial charge in [-0.15, -0.1) is 0 Å². The van der Waals surface area contributed by atoms with E-state index in [0.29, 0.717) is 37.8 Å². The minimum atomic E-state index is -0.671. The topological polar surface area (TPSA) is 99.6 Å². The normalized spacial score (nSPS) is 24.4. The summed E-state index contributed by atoms with van der Waals surface area (Å²) in [6.45, 7) is 1.75. The van der Waals surface area contributed by atoms with E-state index in [4.69, 9.17) is 9.15 Å². The van der Waals surface area contributed by atoms with Crippen LogP contribution in [-0.4, -0.2) is 43.8 Å². The van der Waals surface area contributed by atoms with Crippen LogP contribution < -0.4 is 11.1 Å². The van der Waals surface area contributed by atoms with E-state index < -0.39 is 16.7 Å². The Bertz CT molecular complexity index is 1000. The minimum Gasteiger partial charge on any atom is -0.459 e. The van der Waals surface area contributed by atoms with Gasteiger partial charge in [-0.2, -0.15) is 5.10 Å². The first-order chi connectivity index (χ1) is 13.0. The molecule has 3 aliphatic rings. The molecule has 9 heteroatoms. The fourth-order valence-electron chi connectivity index (χ4n) is 3.89. The average molecular weight is 372 g/mol. The van der Waals surface area contributed by atoms with Crippen molar-refractivity contribution in [2.75, 3.05) is 13.1 Å². The Morgan fingerprint density at radius 2 is 2.11 bits per heavy atom. The molecule has 1 unspecified atom stereocenters. The number of carbonyl (C=O) groups is 1. The van der Waals surface area contributed by atoms with Gasteiger partial charge in [0.2, 0.25) is 0 Å². The highest BCUT2D eigenvalue weighted by Gasteiger charge is 2.45. The number of likely N-dealkylation sites (tertiary alicyclic amines) is 1. The maximum Gasteiger partial charge on any atom is 0.332 e. The van der Waals surface area contributed by atoms with E-state index in [1.54, 1.807) is 17.0 Å². The Morgan fingerprint density at radius 3 is 2.85 bits per heavy atom. The van der Waals surface area contributed by atoms with Gasteiger partial charge in [0.05, 0.1) is 19.4 Å². The summed E-state index contributed by atoms with van der Waals surface area (Å²) >= 11 is 0. The summed E-state index contributed by atoms with van der Waals surface area (Å²) in [6, 6.07) is 3.30. The first-order valence-corrected chi connectivity index (χ1v) is 9.22. The molecule has 2 fully saturated rings. The van der Waals surface area contributed by atoms with Crippen LogP contribution in [0.15, 0.2) is 32.4 Å². The summed E-state index contributed by atoms with van der Waals surface area (Å²) < 4.78 is 14.0. The lowest BCUT2D eigenvalue weighted by molar-refractivity contribution is -0.0843. The third kappa shape index (κ3) is 2.82. The van der Waals surface area contributed by atoms with Gasteiger partial charge in [-0.05, 0) is 37.3 Å². The van der Waals surface area contributed by atoms with Gasteiger partial charge in [-0.3, -0.25) is 19.0 Å². The highest BCUT2D eigenvalue weighted by atomic mass is 16.5. The number of aromatic nitrogens is 3. The summed E-state index contributed by atoms with van der Waals surface area (Å²) in [6.07, 6.45) is 4.21. The molecule has 1 amide bonds. The fraction of sp³-hybridized carbons (Fsp3) is 0.556. The first kappa shape index (κ1) is 16.5. The predicted molar refractivity (Wildman–Crippen MR) is 92.2 cm³/mol. The number of fused-ring (bicyclic) bond motifs is 1. The maximum atomic E-state index is 12.6. The molecule has 0 N–H and O–H groups in total. The zero-order valence-corrected chi connectivity index (χ0v) is 14.8. The molecule has 0 radical (unpaired) electrons. The molecule has 4 heterocycles. The van der Waals surface area contributed by atoms with E-state index in [1.165, 1.54) is 15.5 Å². The van der Waals surface area contributed by atoms with Crippen LogP contribution in [0.5, 0.6) is 0 Å². The first-order valence-electron chi connectivity index (χ1n) is 9.22. The molecule has 0 bridgehead atoms. The Kier molecular flexibility index (Phi) is 3.61. The van der Waals surface area contributed by atoms with Crippen LogP contribution in [0.4, 0.5) is 0 Å². The maximum absolute atomic E-state index is 12.6. The van der Waals surface area contributed by atoms with Crippen molar-refractivity contribution in [3.8, 4) is 0 Å². The second-order valence-electron chi connectivity index (χ2n) is 7.66. The molecule has 2 aromatic heterocycles. The Morgan fingerprint density at radius 1 is 1.26 bits per heavy atom. The summed E-state index contributed by atoms with van der Waals surface area (Å²) in [7, 11) is 0. The summed E-state index contributed by atoms with van der Waals surface area (Å²) in [4.78, 5) is 39.2. The summed E-state index contributed by atoms with van der Waals surface area (Å²) in [5.74, 6) is 1.01. The molecule has 1 aliphatic carbocycles. The average Bonchev–Trinajstić information content (AvgIpc) is 3.16. The van der Waals surface area contributed by atoms with E-state index >= 15 is 0 Å². The number of amides is 1. The lowest BCUT2D eigenvalue weighted by Gasteiger charge is -2.35. The number of furan rings is 1. The Hall–Kier alpha value is -2.68. The lowest BCUT2D eigenvalue weighted by atomic mass is 10.0. The van der Waals surface area contributed by atoms with Crippen LogP contribution in [-0.2, 0) is 24.4 Å². The van der Waals surface area contributed by atoms with Crippen molar-refractivity contribution >= 4 is 5.91 Å². The van der Waals surface area contributed by atoms with E-state index in [-0.39, 0.29) is 24.8 Å². The van der Waals surface area contributed by atoms with Gasteiger partial charge < -0.3 is 14.1 Å². The second-order valence-corrected chi connectivity index (χ2v) is 7.66. The van der Waals surface area contributed by atoms with Gasteiger partial charge in [0.25, 0.3) is 5.91 Å². The summed E-state index contributed by atoms with van der Waals surface area (Å²) in [5.41, 5.74) is -1.81. The quantitative estimate of drug-likeness (QED) is 0.715. The molecule has 9 nitrogen and oxygen atoms in total. The number of carbonyl (C=O) groups excluding carboxylic acids is 1. The SMILES string of the molecule is O=C(c1ccco1)N1CCC2(C1)Cn1c(nn(CC3CC3)c(=O)c1=O)CO2. The van der Waals surface area contributed by atoms with Crippen LogP contribution in [0, 0.1) is 5.92 Å². The minimum absolute atomic E-state index is 0.156. The highest BCUT2D eigenvalue weighted by Crippen LogP contribution is 2.32. The van der Waals surface area contributed by atoms with Crippen LogP contribution in [0.2, 0.25) is 0 Å². The van der Waals surface area contributed by atoms with Crippen LogP contribution in [0.25, 0.3) is 0 Å². The van der Waals surface area contributed by atoms with Crippen LogP contribution in [0.3, 0.4) is 0 Å². The monoisotopic (exact) mass is 372 g/mol. The molecule has 1 spiro atoms. The van der Waals surface area contributed by atoms with Crippen LogP contribution >= 0.6 is 0 Å². The number of nitrogens with zero attached hydrogens (tertiary/aromatic N) is 4. The molecule has 2 aliphatic heterocycles. The molecule has 1 saturated heterocycles. The molecule has 1 saturated carbocycles. The molecular weight excluding hydrogens is 352 g/mol. The van der Waals surface area contributed by atoms with Crippen LogP contribution in [0.1, 0.15) is 35.6 Å². The van der Waals surface area contributed by atoms with Crippen molar-refractivity contribution < 1.29 is 13.9 Å². The Labute approximate surface area is 154 Å². The molecule has 0 aromatic carbocycles. The lowest BCUT2D eigenvalue weighted by Crippen LogP contribution is -2.53. The largest absolute Gasteiger partial charge is 0.459 e. The molecule has 5 rings (SSSR count). The number of rotatable bonds is 3. The van der Waals surface area contributed by atoms with E-state index in [9.17, 15) is 14.4 Å². The number of hydrogen-bond donors (Lipinski definition) is 0. The Balaban J connectivity index is 1.39. The molecule has 142 valence electrons. The summed E-state index contributed by atoms with van der Waals surface area (Å²) in [5, 5.41) is 4.35. The van der Waals surface area contributed by atoms with Crippen molar-refractivity contribution in [3.63, 3.8) is 0 Å². The molecule has 2 aromatic rings. The third-order valence-electron chi connectivity index (χ3n) is 5.63. The van der Waals surface area contributed by atoms with Gasteiger partial charge >= 0.3 is 11.1 Å². The fourth-order valence-corrected chi connectivity index (χ4v) is 3.89. The smallest absolute Gasteiger partial charge is 0.332 e. The van der Waals surface area contributed by atoms with E-state index in [2.05, 4.69) is 5.10 Å². The van der Waals surface area contributed by atoms with Gasteiger partial charge in [0, 0.05) is 13.1 Å². The molecule has 1 atom stereocenters. The molecular formula is C18H20N4O5. The van der Waals surface area contributed by atoms with Gasteiger partial charge in [-0.1, -0.05) is 0 Å². The van der Waals surface area contributed by atoms with Crippen molar-refractivity contribution in [2.45, 2.75) is 44.6 Å². The van der Waals surface area contributed by atoms with Crippen molar-refractivity contribution in [3.05, 3.63) is 50.7 Å². The van der Waals surface area contributed by atoms with Gasteiger partial charge in [-0.25, -0.2) is 4.68 Å². The predicted octanol–water partition coefficient (Wildman–Crippen LogP) is 0.223. The van der Waals surface area contributed by atoms with Crippen molar-refractivity contribution in [2.24, 2.45) is 5.92 Å². The van der Waals surface area contributed by atoms with Gasteiger partial charge in [0.1, 0.15) is 12.2 Å². The zero-order valence-electron chi connectivity index (χ0n) is 14.8. The van der Waals surface area contributed by atoms with E-state index in [0.717, 1.165) is 12.8 Å². The second kappa shape index (κ2) is 5.91. The van der Waals surface area contributed by atoms with Gasteiger partial charge in [0.15, 0.2) is 11.6 Å². The van der Waals surface area contributed by atoms with Crippen molar-refractivity contribution in [1.29, 1.82) is 0 Å². The third-order valence-corrected chi connectivity index (χ3v) is 5.63. The highest BCUT2D eigenvalue weighted by molar-refractivity contribution is 5.91. The zero-order chi connectivity index (χ0) is 18.6. The molecule has 27 heavy (non-hydrogen) atoms. The number of ether oxygens (including phenoxy) is 1.